The van der Waals surface area contributed by atoms with Gasteiger partial charge in [-0.2, -0.15) is 0 Å². The maximum absolute atomic E-state index is 14.4. The summed E-state index contributed by atoms with van der Waals surface area (Å²) in [5.41, 5.74) is 2.67. The minimum Gasteiger partial charge on any atom is -0.378 e. The van der Waals surface area contributed by atoms with Crippen molar-refractivity contribution < 1.29 is 13.9 Å². The van der Waals surface area contributed by atoms with E-state index in [4.69, 9.17) is 4.74 Å². The Balaban J connectivity index is 1.37. The van der Waals surface area contributed by atoms with Crippen molar-refractivity contribution in [1.82, 2.24) is 19.7 Å². The zero-order valence-electron chi connectivity index (χ0n) is 18.9. The molecule has 2 aliphatic rings. The fourth-order valence-corrected chi connectivity index (χ4v) is 6.24. The first-order valence-electron chi connectivity index (χ1n) is 11.3. The molecule has 1 atom stereocenters. The largest absolute Gasteiger partial charge is 0.378 e. The van der Waals surface area contributed by atoms with Crippen molar-refractivity contribution in [2.75, 3.05) is 49.3 Å². The second-order valence-corrected chi connectivity index (χ2v) is 10.3. The van der Waals surface area contributed by atoms with Gasteiger partial charge in [0.05, 0.1) is 24.7 Å². The Morgan fingerprint density at radius 3 is 2.65 bits per heavy atom. The summed E-state index contributed by atoms with van der Waals surface area (Å²) in [7, 11) is 0. The van der Waals surface area contributed by atoms with Gasteiger partial charge < -0.3 is 14.5 Å². The van der Waals surface area contributed by atoms with E-state index in [1.54, 1.807) is 28.8 Å². The van der Waals surface area contributed by atoms with Crippen LogP contribution < -0.4 is 4.90 Å². The van der Waals surface area contributed by atoms with Crippen molar-refractivity contribution in [3.05, 3.63) is 65.5 Å². The summed E-state index contributed by atoms with van der Waals surface area (Å²) >= 11 is 2.96. The van der Waals surface area contributed by atoms with E-state index in [1.165, 1.54) is 23.4 Å². The Bertz CT molecular complexity index is 1150. The second-order valence-electron chi connectivity index (χ2n) is 8.17. The lowest BCUT2D eigenvalue weighted by molar-refractivity contribution is -0.128. The molecule has 0 N–H and O–H groups in total. The molecule has 0 radical (unpaired) electrons. The van der Waals surface area contributed by atoms with Gasteiger partial charge in [0.2, 0.25) is 11.9 Å². The van der Waals surface area contributed by atoms with Gasteiger partial charge in [0.1, 0.15) is 11.2 Å². The first kappa shape index (κ1) is 23.2. The number of aryl methyl sites for hydroxylation is 1. The number of halogens is 1. The van der Waals surface area contributed by atoms with Crippen molar-refractivity contribution in [2.24, 2.45) is 0 Å². The third kappa shape index (κ3) is 4.80. The summed E-state index contributed by atoms with van der Waals surface area (Å²) in [6, 6.07) is 14.9. The van der Waals surface area contributed by atoms with E-state index in [1.807, 2.05) is 29.7 Å². The molecule has 5 rings (SSSR count). The Morgan fingerprint density at radius 1 is 1.12 bits per heavy atom. The molecule has 7 nitrogen and oxygen atoms in total. The molecule has 0 unspecified atom stereocenters. The summed E-state index contributed by atoms with van der Waals surface area (Å²) < 4.78 is 21.9. The first-order valence-corrected chi connectivity index (χ1v) is 13.3. The summed E-state index contributed by atoms with van der Waals surface area (Å²) in [5, 5.41) is 9.27. The maximum Gasteiger partial charge on any atom is 0.234 e. The number of amides is 1. The SMILES string of the molecule is Cc1ccc(-n2c(SCC(=O)N3CCS[C@H]3c3ccccc3F)nnc2N2CCOCC2)cc1. The highest BCUT2D eigenvalue weighted by molar-refractivity contribution is 8.00. The van der Waals surface area contributed by atoms with E-state index in [2.05, 4.69) is 27.2 Å². The van der Waals surface area contributed by atoms with Gasteiger partial charge in [-0.3, -0.25) is 9.36 Å². The lowest BCUT2D eigenvalue weighted by Crippen LogP contribution is -2.38. The monoisotopic (exact) mass is 499 g/mol. The number of aromatic nitrogens is 3. The minimum absolute atomic E-state index is 0.0327. The van der Waals surface area contributed by atoms with Crippen LogP contribution in [0.1, 0.15) is 16.5 Å². The fraction of sp³-hybridized carbons (Fsp3) is 0.375. The highest BCUT2D eigenvalue weighted by Crippen LogP contribution is 2.39. The van der Waals surface area contributed by atoms with E-state index in [-0.39, 0.29) is 22.9 Å². The molecule has 34 heavy (non-hydrogen) atoms. The summed E-state index contributed by atoms with van der Waals surface area (Å²) in [4.78, 5) is 17.1. The van der Waals surface area contributed by atoms with Crippen molar-refractivity contribution in [2.45, 2.75) is 17.5 Å². The molecule has 0 saturated carbocycles. The summed E-state index contributed by atoms with van der Waals surface area (Å²) in [5.74, 6) is 1.44. The van der Waals surface area contributed by atoms with Crippen molar-refractivity contribution >= 4 is 35.4 Å². The molecular formula is C24H26FN5O2S2. The predicted octanol–water partition coefficient (Wildman–Crippen LogP) is 3.92. The topological polar surface area (TPSA) is 63.5 Å². The van der Waals surface area contributed by atoms with Gasteiger partial charge in [-0.1, -0.05) is 47.7 Å². The van der Waals surface area contributed by atoms with E-state index in [0.29, 0.717) is 30.5 Å². The third-order valence-corrected chi connectivity index (χ3v) is 8.07. The predicted molar refractivity (Wildman–Crippen MR) is 133 cm³/mol. The maximum atomic E-state index is 14.4. The van der Waals surface area contributed by atoms with Crippen LogP contribution in [0.3, 0.4) is 0 Å². The molecule has 2 fully saturated rings. The number of morpholine rings is 1. The normalized spacial score (nSPS) is 18.5. The van der Waals surface area contributed by atoms with Gasteiger partial charge in [0.15, 0.2) is 5.16 Å². The Hall–Kier alpha value is -2.56. The molecule has 0 bridgehead atoms. The van der Waals surface area contributed by atoms with Crippen LogP contribution in [0, 0.1) is 12.7 Å². The van der Waals surface area contributed by atoms with Crippen LogP contribution in [0.25, 0.3) is 5.69 Å². The van der Waals surface area contributed by atoms with Gasteiger partial charge in [0, 0.05) is 31.0 Å². The molecule has 178 valence electrons. The molecule has 0 spiro atoms. The van der Waals surface area contributed by atoms with Crippen molar-refractivity contribution in [3.63, 3.8) is 0 Å². The van der Waals surface area contributed by atoms with Crippen LogP contribution in [0.4, 0.5) is 10.3 Å². The smallest absolute Gasteiger partial charge is 0.234 e. The van der Waals surface area contributed by atoms with E-state index in [0.717, 1.165) is 30.5 Å². The van der Waals surface area contributed by atoms with E-state index >= 15 is 0 Å². The molecule has 0 aliphatic carbocycles. The highest BCUT2D eigenvalue weighted by Gasteiger charge is 2.32. The number of rotatable bonds is 6. The molecule has 1 amide bonds. The molecule has 3 aromatic rings. The zero-order chi connectivity index (χ0) is 23.5. The number of hydrogen-bond acceptors (Lipinski definition) is 7. The van der Waals surface area contributed by atoms with Gasteiger partial charge in [-0.15, -0.1) is 22.0 Å². The molecule has 2 aromatic carbocycles. The number of nitrogens with zero attached hydrogens (tertiary/aromatic N) is 5. The van der Waals surface area contributed by atoms with Crippen LogP contribution in [-0.2, 0) is 9.53 Å². The van der Waals surface area contributed by atoms with Crippen LogP contribution in [0.15, 0.2) is 53.7 Å². The highest BCUT2D eigenvalue weighted by atomic mass is 32.2. The summed E-state index contributed by atoms with van der Waals surface area (Å²) in [6.45, 7) is 5.42. The molecule has 10 heteroatoms. The molecular weight excluding hydrogens is 473 g/mol. The molecule has 1 aromatic heterocycles. The minimum atomic E-state index is -0.298. The van der Waals surface area contributed by atoms with Crippen LogP contribution in [0.2, 0.25) is 0 Å². The van der Waals surface area contributed by atoms with Crippen LogP contribution in [0.5, 0.6) is 0 Å². The number of ether oxygens (including phenoxy) is 1. The van der Waals surface area contributed by atoms with Gasteiger partial charge in [0.25, 0.3) is 0 Å². The fourth-order valence-electron chi connectivity index (χ4n) is 4.11. The lowest BCUT2D eigenvalue weighted by Gasteiger charge is -2.28. The third-order valence-electron chi connectivity index (χ3n) is 5.91. The molecule has 3 heterocycles. The first-order chi connectivity index (χ1) is 16.6. The number of carbonyl (C=O) groups excluding carboxylic acids is 1. The number of hydrogen-bond donors (Lipinski definition) is 0. The van der Waals surface area contributed by atoms with E-state index < -0.39 is 0 Å². The van der Waals surface area contributed by atoms with Crippen molar-refractivity contribution in [1.29, 1.82) is 0 Å². The number of carbonyl (C=O) groups is 1. The summed E-state index contributed by atoms with van der Waals surface area (Å²) in [6.07, 6.45) is 0. The van der Waals surface area contributed by atoms with Gasteiger partial charge >= 0.3 is 0 Å². The molecule has 2 saturated heterocycles. The van der Waals surface area contributed by atoms with Crippen molar-refractivity contribution in [3.8, 4) is 5.69 Å². The Kier molecular flexibility index (Phi) is 7.07. The average molecular weight is 500 g/mol. The zero-order valence-corrected chi connectivity index (χ0v) is 20.5. The molecule has 2 aliphatic heterocycles. The lowest BCUT2D eigenvalue weighted by atomic mass is 10.2. The van der Waals surface area contributed by atoms with Crippen LogP contribution >= 0.6 is 23.5 Å². The van der Waals surface area contributed by atoms with Gasteiger partial charge in [-0.25, -0.2) is 4.39 Å². The number of anilines is 1. The number of benzene rings is 2. The standard InChI is InChI=1S/C24H26FN5O2S2/c1-17-6-8-18(9-7-17)30-23(28-10-13-32-14-11-28)26-27-24(30)34-16-21(31)29-12-15-33-22(29)19-4-2-3-5-20(19)25/h2-9,22H,10-16H2,1H3/t22-/m0/s1. The number of thioether (sulfide) groups is 2. The van der Waals surface area contributed by atoms with Gasteiger partial charge in [-0.05, 0) is 25.1 Å². The second kappa shape index (κ2) is 10.4. The quantitative estimate of drug-likeness (QED) is 0.477. The Labute approximate surface area is 206 Å². The van der Waals surface area contributed by atoms with E-state index in [9.17, 15) is 9.18 Å². The van der Waals surface area contributed by atoms with Crippen LogP contribution in [-0.4, -0.2) is 69.9 Å². The Morgan fingerprint density at radius 2 is 1.88 bits per heavy atom. The average Bonchev–Trinajstić information content (AvgIpc) is 3.52.